The smallest absolute Gasteiger partial charge is 0.299 e. The molecule has 0 aromatic heterocycles. The summed E-state index contributed by atoms with van der Waals surface area (Å²) >= 11 is 0. The van der Waals surface area contributed by atoms with Gasteiger partial charge < -0.3 is 10.5 Å². The highest BCUT2D eigenvalue weighted by Gasteiger charge is 2.19. The zero-order valence-corrected chi connectivity index (χ0v) is 11.8. The van der Waals surface area contributed by atoms with Gasteiger partial charge >= 0.3 is 0 Å². The molecule has 0 aliphatic heterocycles. The molecule has 0 amide bonds. The lowest BCUT2D eigenvalue weighted by atomic mass is 10.1. The molecule has 1 aromatic rings. The second kappa shape index (κ2) is 5.03. The minimum absolute atomic E-state index is 0.387. The van der Waals surface area contributed by atoms with E-state index in [2.05, 4.69) is 9.44 Å². The van der Waals surface area contributed by atoms with Crippen LogP contribution in [0, 0.1) is 0 Å². The zero-order chi connectivity index (χ0) is 14.0. The molecule has 6 nitrogen and oxygen atoms in total. The summed E-state index contributed by atoms with van der Waals surface area (Å²) in [7, 11) is -2.16. The van der Waals surface area contributed by atoms with E-state index in [9.17, 15) is 8.42 Å². The van der Waals surface area contributed by atoms with Crippen LogP contribution in [0.1, 0.15) is 20.8 Å². The Morgan fingerprint density at radius 1 is 1.28 bits per heavy atom. The lowest BCUT2D eigenvalue weighted by molar-refractivity contribution is 0.417. The molecule has 0 aliphatic rings. The van der Waals surface area contributed by atoms with E-state index >= 15 is 0 Å². The fourth-order valence-electron chi connectivity index (χ4n) is 1.36. The highest BCUT2D eigenvalue weighted by Crippen LogP contribution is 2.25. The van der Waals surface area contributed by atoms with Crippen molar-refractivity contribution in [1.29, 1.82) is 0 Å². The summed E-state index contributed by atoms with van der Waals surface area (Å²) in [5.41, 5.74) is 5.93. The molecular weight excluding hydrogens is 254 g/mol. The third-order valence-corrected chi connectivity index (χ3v) is 3.31. The highest BCUT2D eigenvalue weighted by molar-refractivity contribution is 7.90. The highest BCUT2D eigenvalue weighted by atomic mass is 32.2. The monoisotopic (exact) mass is 273 g/mol. The third kappa shape index (κ3) is 4.42. The molecule has 0 heterocycles. The quantitative estimate of drug-likeness (QED) is 0.721. The molecule has 4 N–H and O–H groups in total. The zero-order valence-electron chi connectivity index (χ0n) is 10.9. The number of methoxy groups -OCH3 is 1. The number of rotatable bonds is 4. The van der Waals surface area contributed by atoms with Crippen molar-refractivity contribution >= 4 is 21.6 Å². The number of hydrogen-bond acceptors (Lipinski definition) is 4. The van der Waals surface area contributed by atoms with Crippen molar-refractivity contribution in [3.05, 3.63) is 18.2 Å². The molecule has 0 aliphatic carbocycles. The molecule has 0 atom stereocenters. The van der Waals surface area contributed by atoms with Crippen molar-refractivity contribution in [2.75, 3.05) is 17.6 Å². The number of nitrogen functional groups attached to an aromatic ring is 1. The number of nitrogens with one attached hydrogen (secondary N) is 2. The fraction of sp³-hybridized carbons (Fsp3) is 0.455. The van der Waals surface area contributed by atoms with E-state index in [1.165, 1.54) is 13.2 Å². The predicted molar refractivity (Wildman–Crippen MR) is 72.8 cm³/mol. The Kier molecular flexibility index (Phi) is 4.08. The molecule has 7 heteroatoms. The van der Waals surface area contributed by atoms with Gasteiger partial charge in [-0.2, -0.15) is 13.1 Å². The van der Waals surface area contributed by atoms with Crippen LogP contribution in [-0.2, 0) is 10.2 Å². The number of nitrogens with two attached hydrogens (primary N) is 1. The van der Waals surface area contributed by atoms with Gasteiger partial charge in [0, 0.05) is 11.6 Å². The summed E-state index contributed by atoms with van der Waals surface area (Å²) in [6.07, 6.45) is 0. The number of benzene rings is 1. The van der Waals surface area contributed by atoms with E-state index in [1.807, 2.05) is 0 Å². The standard InChI is InChI=1S/C11H19N3O3S/c1-11(2,3)14-18(15,16)13-8-5-6-9(12)10(7-8)17-4/h5-7,13-14H,12H2,1-4H3. The van der Waals surface area contributed by atoms with Crippen LogP contribution in [0.15, 0.2) is 18.2 Å². The van der Waals surface area contributed by atoms with Gasteiger partial charge in [0.05, 0.1) is 18.5 Å². The summed E-state index contributed by atoms with van der Waals surface area (Å²) in [6, 6.07) is 4.67. The normalized spacial score (nSPS) is 12.2. The van der Waals surface area contributed by atoms with Crippen LogP contribution in [0.2, 0.25) is 0 Å². The van der Waals surface area contributed by atoms with Crippen LogP contribution >= 0.6 is 0 Å². The number of anilines is 2. The van der Waals surface area contributed by atoms with Gasteiger partial charge in [0.25, 0.3) is 10.2 Å². The summed E-state index contributed by atoms with van der Waals surface area (Å²) in [4.78, 5) is 0. The van der Waals surface area contributed by atoms with Gasteiger partial charge in [0.1, 0.15) is 5.75 Å². The maximum Gasteiger partial charge on any atom is 0.299 e. The van der Waals surface area contributed by atoms with Crippen molar-refractivity contribution < 1.29 is 13.2 Å². The molecule has 0 spiro atoms. The second-order valence-electron chi connectivity index (χ2n) is 4.91. The molecule has 18 heavy (non-hydrogen) atoms. The van der Waals surface area contributed by atoms with Crippen molar-refractivity contribution in [2.45, 2.75) is 26.3 Å². The van der Waals surface area contributed by atoms with E-state index in [4.69, 9.17) is 10.5 Å². The van der Waals surface area contributed by atoms with Crippen LogP contribution in [0.25, 0.3) is 0 Å². The Bertz CT molecular complexity index is 521. The average molecular weight is 273 g/mol. The first-order valence-electron chi connectivity index (χ1n) is 5.38. The molecule has 0 unspecified atom stereocenters. The molecule has 1 aromatic carbocycles. The van der Waals surface area contributed by atoms with E-state index < -0.39 is 15.7 Å². The Balaban J connectivity index is 2.91. The molecule has 0 saturated carbocycles. The first-order valence-corrected chi connectivity index (χ1v) is 6.86. The average Bonchev–Trinajstić information content (AvgIpc) is 2.16. The van der Waals surface area contributed by atoms with E-state index in [1.54, 1.807) is 32.9 Å². The molecule has 102 valence electrons. The molecule has 0 radical (unpaired) electrons. The van der Waals surface area contributed by atoms with E-state index in [0.29, 0.717) is 17.1 Å². The predicted octanol–water partition coefficient (Wildman–Crippen LogP) is 1.32. The third-order valence-electron chi connectivity index (χ3n) is 1.93. The minimum Gasteiger partial charge on any atom is -0.495 e. The Labute approximate surface area is 108 Å². The van der Waals surface area contributed by atoms with Gasteiger partial charge in [0.2, 0.25) is 0 Å². The maximum atomic E-state index is 11.8. The molecular formula is C11H19N3O3S. The SMILES string of the molecule is COc1cc(NS(=O)(=O)NC(C)(C)C)ccc1N. The van der Waals surface area contributed by atoms with Gasteiger partial charge in [-0.1, -0.05) is 0 Å². The Morgan fingerprint density at radius 2 is 1.89 bits per heavy atom. The fourth-order valence-corrected chi connectivity index (χ4v) is 2.65. The van der Waals surface area contributed by atoms with Gasteiger partial charge in [-0.05, 0) is 32.9 Å². The first kappa shape index (κ1) is 14.6. The van der Waals surface area contributed by atoms with Gasteiger partial charge in [-0.25, -0.2) is 0 Å². The topological polar surface area (TPSA) is 93.4 Å². The molecule has 1 rings (SSSR count). The first-order chi connectivity index (χ1) is 8.13. The van der Waals surface area contributed by atoms with Crippen molar-refractivity contribution in [2.24, 2.45) is 0 Å². The van der Waals surface area contributed by atoms with Crippen molar-refractivity contribution in [1.82, 2.24) is 4.72 Å². The lowest BCUT2D eigenvalue weighted by Gasteiger charge is -2.21. The van der Waals surface area contributed by atoms with E-state index in [0.717, 1.165) is 0 Å². The van der Waals surface area contributed by atoms with Crippen LogP contribution in [0.5, 0.6) is 5.75 Å². The van der Waals surface area contributed by atoms with Crippen LogP contribution in [-0.4, -0.2) is 21.1 Å². The van der Waals surface area contributed by atoms with Gasteiger partial charge in [0.15, 0.2) is 0 Å². The summed E-state index contributed by atoms with van der Waals surface area (Å²) in [6.45, 7) is 5.28. The van der Waals surface area contributed by atoms with Crippen molar-refractivity contribution in [3.63, 3.8) is 0 Å². The molecule has 0 saturated heterocycles. The largest absolute Gasteiger partial charge is 0.495 e. The van der Waals surface area contributed by atoms with Gasteiger partial charge in [-0.15, -0.1) is 0 Å². The number of hydrogen-bond donors (Lipinski definition) is 3. The minimum atomic E-state index is -3.63. The van der Waals surface area contributed by atoms with Gasteiger partial charge in [-0.3, -0.25) is 4.72 Å². The number of ether oxygens (including phenoxy) is 1. The Hall–Kier alpha value is -1.47. The summed E-state index contributed by atoms with van der Waals surface area (Å²) in [5, 5.41) is 0. The maximum absolute atomic E-state index is 11.8. The summed E-state index contributed by atoms with van der Waals surface area (Å²) < 4.78 is 33.5. The van der Waals surface area contributed by atoms with E-state index in [-0.39, 0.29) is 0 Å². The van der Waals surface area contributed by atoms with Crippen molar-refractivity contribution in [3.8, 4) is 5.75 Å². The molecule has 0 bridgehead atoms. The summed E-state index contributed by atoms with van der Waals surface area (Å²) in [5.74, 6) is 0.422. The Morgan fingerprint density at radius 3 is 2.39 bits per heavy atom. The van der Waals surface area contributed by atoms with Crippen LogP contribution < -0.4 is 19.9 Å². The van der Waals surface area contributed by atoms with Crippen LogP contribution in [0.3, 0.4) is 0 Å². The van der Waals surface area contributed by atoms with Crippen LogP contribution in [0.4, 0.5) is 11.4 Å². The molecule has 0 fully saturated rings. The second-order valence-corrected chi connectivity index (χ2v) is 6.33. The lowest BCUT2D eigenvalue weighted by Crippen LogP contribution is -2.43.